The van der Waals surface area contributed by atoms with Crippen LogP contribution < -0.4 is 5.32 Å². The normalized spacial score (nSPS) is 18.4. The first-order chi connectivity index (χ1) is 7.58. The van der Waals surface area contributed by atoms with Gasteiger partial charge < -0.3 is 5.32 Å². The second-order valence-corrected chi connectivity index (χ2v) is 5.19. The zero-order chi connectivity index (χ0) is 12.0. The van der Waals surface area contributed by atoms with E-state index in [1.807, 2.05) is 0 Å². The fourth-order valence-corrected chi connectivity index (χ4v) is 1.95. The molecule has 0 aromatic heterocycles. The molecule has 1 aliphatic heterocycles. The SMILES string of the molecule is C=C(C)CNC1CCN(CC=C(C)C)CC1. The summed E-state index contributed by atoms with van der Waals surface area (Å²) in [7, 11) is 0. The second-order valence-electron chi connectivity index (χ2n) is 5.19. The fraction of sp³-hybridized carbons (Fsp3) is 0.714. The Kier molecular flexibility index (Phi) is 5.78. The minimum atomic E-state index is 0.694. The average Bonchev–Trinajstić information content (AvgIpc) is 2.25. The molecule has 0 unspecified atom stereocenters. The number of nitrogens with one attached hydrogen (secondary N) is 1. The van der Waals surface area contributed by atoms with E-state index in [1.165, 1.54) is 37.1 Å². The van der Waals surface area contributed by atoms with E-state index in [0.29, 0.717) is 6.04 Å². The molecule has 0 saturated carbocycles. The van der Waals surface area contributed by atoms with E-state index in [-0.39, 0.29) is 0 Å². The summed E-state index contributed by atoms with van der Waals surface area (Å²) in [6.45, 7) is 14.9. The van der Waals surface area contributed by atoms with Crippen molar-refractivity contribution in [2.75, 3.05) is 26.2 Å². The van der Waals surface area contributed by atoms with Gasteiger partial charge in [-0.15, -0.1) is 0 Å². The maximum atomic E-state index is 3.92. The molecule has 0 spiro atoms. The Labute approximate surface area is 100 Å². The Balaban J connectivity index is 2.18. The molecular weight excluding hydrogens is 196 g/mol. The van der Waals surface area contributed by atoms with Gasteiger partial charge in [0.1, 0.15) is 0 Å². The lowest BCUT2D eigenvalue weighted by molar-refractivity contribution is 0.217. The molecular formula is C14H26N2. The van der Waals surface area contributed by atoms with Crippen LogP contribution in [0, 0.1) is 0 Å². The summed E-state index contributed by atoms with van der Waals surface area (Å²) in [6.07, 6.45) is 4.86. The van der Waals surface area contributed by atoms with Crippen LogP contribution in [0.3, 0.4) is 0 Å². The first kappa shape index (κ1) is 13.5. The molecule has 0 bridgehead atoms. The smallest absolute Gasteiger partial charge is 0.0165 e. The number of hydrogen-bond acceptors (Lipinski definition) is 2. The molecule has 1 heterocycles. The standard InChI is InChI=1S/C14H26N2/c1-12(2)5-8-16-9-6-14(7-10-16)15-11-13(3)4/h5,14-15H,3,6-11H2,1-2,4H3. The molecule has 2 nitrogen and oxygen atoms in total. The molecule has 1 saturated heterocycles. The van der Waals surface area contributed by atoms with E-state index < -0.39 is 0 Å². The molecule has 0 radical (unpaired) electrons. The second kappa shape index (κ2) is 6.87. The molecule has 0 aromatic carbocycles. The number of hydrogen-bond donors (Lipinski definition) is 1. The lowest BCUT2D eigenvalue weighted by Gasteiger charge is -2.31. The van der Waals surface area contributed by atoms with Gasteiger partial charge in [0.25, 0.3) is 0 Å². The number of rotatable bonds is 5. The Morgan fingerprint density at radius 1 is 1.31 bits per heavy atom. The first-order valence-corrected chi connectivity index (χ1v) is 6.31. The van der Waals surface area contributed by atoms with E-state index in [2.05, 4.69) is 43.6 Å². The summed E-state index contributed by atoms with van der Waals surface area (Å²) in [4.78, 5) is 2.53. The van der Waals surface area contributed by atoms with Crippen molar-refractivity contribution < 1.29 is 0 Å². The highest BCUT2D eigenvalue weighted by atomic mass is 15.1. The van der Waals surface area contributed by atoms with Crippen LogP contribution in [0.25, 0.3) is 0 Å². The highest BCUT2D eigenvalue weighted by molar-refractivity contribution is 4.96. The van der Waals surface area contributed by atoms with Crippen LogP contribution in [0.2, 0.25) is 0 Å². The third-order valence-corrected chi connectivity index (χ3v) is 3.04. The van der Waals surface area contributed by atoms with Gasteiger partial charge in [0.15, 0.2) is 0 Å². The summed E-state index contributed by atoms with van der Waals surface area (Å²) in [5, 5.41) is 3.56. The van der Waals surface area contributed by atoms with Crippen molar-refractivity contribution in [3.8, 4) is 0 Å². The van der Waals surface area contributed by atoms with Crippen LogP contribution in [0.5, 0.6) is 0 Å². The molecule has 2 heteroatoms. The molecule has 1 aliphatic rings. The van der Waals surface area contributed by atoms with Gasteiger partial charge in [-0.25, -0.2) is 0 Å². The molecule has 1 rings (SSSR count). The van der Waals surface area contributed by atoms with Crippen molar-refractivity contribution >= 4 is 0 Å². The maximum absolute atomic E-state index is 3.92. The van der Waals surface area contributed by atoms with E-state index >= 15 is 0 Å². The van der Waals surface area contributed by atoms with Crippen molar-refractivity contribution in [2.45, 2.75) is 39.7 Å². The van der Waals surface area contributed by atoms with Gasteiger partial charge in [-0.1, -0.05) is 23.8 Å². The topological polar surface area (TPSA) is 15.3 Å². The lowest BCUT2D eigenvalue weighted by Crippen LogP contribution is -2.42. The van der Waals surface area contributed by atoms with Crippen molar-refractivity contribution in [1.82, 2.24) is 10.2 Å². The number of allylic oxidation sites excluding steroid dienone is 1. The van der Waals surface area contributed by atoms with Crippen LogP contribution in [-0.2, 0) is 0 Å². The monoisotopic (exact) mass is 222 g/mol. The van der Waals surface area contributed by atoms with Crippen LogP contribution in [0.15, 0.2) is 23.8 Å². The van der Waals surface area contributed by atoms with Gasteiger partial charge in [0.05, 0.1) is 0 Å². The van der Waals surface area contributed by atoms with Crippen LogP contribution in [0.4, 0.5) is 0 Å². The molecule has 92 valence electrons. The highest BCUT2D eigenvalue weighted by Crippen LogP contribution is 2.10. The van der Waals surface area contributed by atoms with Gasteiger partial charge in [0, 0.05) is 19.1 Å². The number of piperidine rings is 1. The van der Waals surface area contributed by atoms with Gasteiger partial charge in [-0.2, -0.15) is 0 Å². The Hall–Kier alpha value is -0.600. The predicted octanol–water partition coefficient (Wildman–Crippen LogP) is 2.58. The lowest BCUT2D eigenvalue weighted by atomic mass is 10.0. The fourth-order valence-electron chi connectivity index (χ4n) is 1.95. The van der Waals surface area contributed by atoms with Gasteiger partial charge in [-0.05, 0) is 46.7 Å². The molecule has 1 N–H and O–H groups in total. The molecule has 16 heavy (non-hydrogen) atoms. The largest absolute Gasteiger partial charge is 0.310 e. The van der Waals surface area contributed by atoms with E-state index in [1.54, 1.807) is 0 Å². The highest BCUT2D eigenvalue weighted by Gasteiger charge is 2.17. The predicted molar refractivity (Wildman–Crippen MR) is 71.7 cm³/mol. The summed E-state index contributed by atoms with van der Waals surface area (Å²) in [6, 6.07) is 0.694. The van der Waals surface area contributed by atoms with Crippen molar-refractivity contribution in [2.24, 2.45) is 0 Å². The summed E-state index contributed by atoms with van der Waals surface area (Å²) < 4.78 is 0. The first-order valence-electron chi connectivity index (χ1n) is 6.31. The maximum Gasteiger partial charge on any atom is 0.0165 e. The summed E-state index contributed by atoms with van der Waals surface area (Å²) >= 11 is 0. The molecule has 1 fully saturated rings. The quantitative estimate of drug-likeness (QED) is 0.719. The van der Waals surface area contributed by atoms with Crippen LogP contribution in [0.1, 0.15) is 33.6 Å². The zero-order valence-corrected chi connectivity index (χ0v) is 11.1. The molecule has 0 aromatic rings. The average molecular weight is 222 g/mol. The van der Waals surface area contributed by atoms with Crippen LogP contribution >= 0.6 is 0 Å². The third kappa shape index (κ3) is 5.47. The number of nitrogens with zero attached hydrogens (tertiary/aromatic N) is 1. The number of likely N-dealkylation sites (tertiary alicyclic amines) is 1. The Morgan fingerprint density at radius 3 is 2.44 bits per heavy atom. The van der Waals surface area contributed by atoms with Crippen molar-refractivity contribution in [3.05, 3.63) is 23.8 Å². The minimum Gasteiger partial charge on any atom is -0.310 e. The van der Waals surface area contributed by atoms with Crippen molar-refractivity contribution in [3.63, 3.8) is 0 Å². The van der Waals surface area contributed by atoms with E-state index in [4.69, 9.17) is 0 Å². The summed E-state index contributed by atoms with van der Waals surface area (Å²) in [5.74, 6) is 0. The molecule has 0 atom stereocenters. The van der Waals surface area contributed by atoms with Gasteiger partial charge in [0.2, 0.25) is 0 Å². The Morgan fingerprint density at radius 2 is 1.94 bits per heavy atom. The minimum absolute atomic E-state index is 0.694. The van der Waals surface area contributed by atoms with Crippen LogP contribution in [-0.4, -0.2) is 37.1 Å². The Bertz CT molecular complexity index is 243. The molecule has 0 aliphatic carbocycles. The van der Waals surface area contributed by atoms with Crippen molar-refractivity contribution in [1.29, 1.82) is 0 Å². The zero-order valence-electron chi connectivity index (χ0n) is 11.1. The van der Waals surface area contributed by atoms with E-state index in [9.17, 15) is 0 Å². The van der Waals surface area contributed by atoms with Gasteiger partial charge in [-0.3, -0.25) is 4.90 Å². The third-order valence-electron chi connectivity index (χ3n) is 3.04. The van der Waals surface area contributed by atoms with Gasteiger partial charge >= 0.3 is 0 Å². The summed E-state index contributed by atoms with van der Waals surface area (Å²) in [5.41, 5.74) is 2.65. The molecule has 0 amide bonds. The van der Waals surface area contributed by atoms with E-state index in [0.717, 1.165) is 13.1 Å².